The van der Waals surface area contributed by atoms with Crippen LogP contribution in [-0.4, -0.2) is 18.5 Å². The Kier molecular flexibility index (Phi) is 6.59. The van der Waals surface area contributed by atoms with Crippen LogP contribution in [0.25, 0.3) is 0 Å². The lowest BCUT2D eigenvalue weighted by molar-refractivity contribution is -0.120. The first kappa shape index (κ1) is 12.4. The molecule has 3 heteroatoms. The standard InChI is InChI=1S/C10H22N2O/c1-8(2)10(12-9(3)13)6-4-5-7-11/h8,10H,4-7,11H2,1-3H3,(H,12,13). The summed E-state index contributed by atoms with van der Waals surface area (Å²) in [6.45, 7) is 6.56. The van der Waals surface area contributed by atoms with Crippen molar-refractivity contribution >= 4 is 5.91 Å². The van der Waals surface area contributed by atoms with Gasteiger partial charge in [-0.05, 0) is 25.3 Å². The van der Waals surface area contributed by atoms with E-state index in [1.54, 1.807) is 6.92 Å². The predicted octanol–water partition coefficient (Wildman–Crippen LogP) is 1.28. The molecule has 78 valence electrons. The van der Waals surface area contributed by atoms with Gasteiger partial charge < -0.3 is 11.1 Å². The molecule has 0 aliphatic heterocycles. The van der Waals surface area contributed by atoms with Crippen molar-refractivity contribution in [2.75, 3.05) is 6.54 Å². The second-order valence-electron chi connectivity index (χ2n) is 3.84. The Morgan fingerprint density at radius 3 is 2.38 bits per heavy atom. The minimum absolute atomic E-state index is 0.0615. The van der Waals surface area contributed by atoms with Crippen LogP contribution in [0.1, 0.15) is 40.0 Å². The zero-order valence-corrected chi connectivity index (χ0v) is 8.97. The number of hydrogen-bond acceptors (Lipinski definition) is 2. The maximum atomic E-state index is 10.9. The van der Waals surface area contributed by atoms with E-state index >= 15 is 0 Å². The highest BCUT2D eigenvalue weighted by atomic mass is 16.1. The van der Waals surface area contributed by atoms with Gasteiger partial charge in [-0.25, -0.2) is 0 Å². The molecule has 0 fully saturated rings. The summed E-state index contributed by atoms with van der Waals surface area (Å²) in [5, 5.41) is 2.96. The first-order chi connectivity index (χ1) is 6.07. The van der Waals surface area contributed by atoms with Gasteiger partial charge >= 0.3 is 0 Å². The van der Waals surface area contributed by atoms with Gasteiger partial charge in [-0.2, -0.15) is 0 Å². The van der Waals surface area contributed by atoms with Gasteiger partial charge in [0.15, 0.2) is 0 Å². The number of carbonyl (C=O) groups is 1. The number of carbonyl (C=O) groups excluding carboxylic acids is 1. The molecule has 13 heavy (non-hydrogen) atoms. The highest BCUT2D eigenvalue weighted by Gasteiger charge is 2.12. The van der Waals surface area contributed by atoms with E-state index in [9.17, 15) is 4.79 Å². The number of rotatable bonds is 6. The lowest BCUT2D eigenvalue weighted by Crippen LogP contribution is -2.37. The molecule has 0 aromatic rings. The number of hydrogen-bond donors (Lipinski definition) is 2. The first-order valence-electron chi connectivity index (χ1n) is 5.05. The van der Waals surface area contributed by atoms with E-state index < -0.39 is 0 Å². The highest BCUT2D eigenvalue weighted by molar-refractivity contribution is 5.73. The van der Waals surface area contributed by atoms with Crippen molar-refractivity contribution in [1.29, 1.82) is 0 Å². The number of unbranched alkanes of at least 4 members (excludes halogenated alkanes) is 1. The average molecular weight is 186 g/mol. The summed E-state index contributed by atoms with van der Waals surface area (Å²) in [6.07, 6.45) is 3.18. The van der Waals surface area contributed by atoms with Gasteiger partial charge in [0.05, 0.1) is 0 Å². The Labute approximate surface area is 81.1 Å². The minimum Gasteiger partial charge on any atom is -0.353 e. The molecule has 0 bridgehead atoms. The maximum absolute atomic E-state index is 10.9. The van der Waals surface area contributed by atoms with Crippen LogP contribution in [0, 0.1) is 5.92 Å². The zero-order chi connectivity index (χ0) is 10.3. The van der Waals surface area contributed by atoms with E-state index in [-0.39, 0.29) is 5.91 Å². The van der Waals surface area contributed by atoms with Crippen LogP contribution in [-0.2, 0) is 4.79 Å². The van der Waals surface area contributed by atoms with E-state index in [4.69, 9.17) is 5.73 Å². The molecule has 0 saturated carbocycles. The summed E-state index contributed by atoms with van der Waals surface area (Å²) in [7, 11) is 0. The van der Waals surface area contributed by atoms with Crippen molar-refractivity contribution in [2.24, 2.45) is 11.7 Å². The Morgan fingerprint density at radius 2 is 2.00 bits per heavy atom. The van der Waals surface area contributed by atoms with Crippen molar-refractivity contribution in [3.05, 3.63) is 0 Å². The van der Waals surface area contributed by atoms with Gasteiger partial charge in [0.1, 0.15) is 0 Å². The zero-order valence-electron chi connectivity index (χ0n) is 8.97. The van der Waals surface area contributed by atoms with Crippen LogP contribution >= 0.6 is 0 Å². The number of nitrogens with one attached hydrogen (secondary N) is 1. The SMILES string of the molecule is CC(=O)NC(CCCCN)C(C)C. The number of nitrogens with two attached hydrogens (primary N) is 1. The fourth-order valence-corrected chi connectivity index (χ4v) is 1.34. The molecule has 0 aliphatic rings. The molecule has 1 amide bonds. The molecular formula is C10H22N2O. The first-order valence-corrected chi connectivity index (χ1v) is 5.05. The van der Waals surface area contributed by atoms with E-state index in [1.807, 2.05) is 0 Å². The summed E-state index contributed by atoms with van der Waals surface area (Å²) >= 11 is 0. The molecule has 3 N–H and O–H groups in total. The highest BCUT2D eigenvalue weighted by Crippen LogP contribution is 2.09. The average Bonchev–Trinajstić information content (AvgIpc) is 2.02. The molecule has 0 radical (unpaired) electrons. The van der Waals surface area contributed by atoms with Crippen molar-refractivity contribution in [2.45, 2.75) is 46.1 Å². The van der Waals surface area contributed by atoms with Gasteiger partial charge in [-0.1, -0.05) is 20.3 Å². The molecule has 1 unspecified atom stereocenters. The van der Waals surface area contributed by atoms with Crippen molar-refractivity contribution in [3.8, 4) is 0 Å². The summed E-state index contributed by atoms with van der Waals surface area (Å²) in [6, 6.07) is 0.309. The third-order valence-electron chi connectivity index (χ3n) is 2.16. The lowest BCUT2D eigenvalue weighted by Gasteiger charge is -2.21. The summed E-state index contributed by atoms with van der Waals surface area (Å²) in [5.41, 5.74) is 5.40. The van der Waals surface area contributed by atoms with Gasteiger partial charge in [0, 0.05) is 13.0 Å². The summed E-state index contributed by atoms with van der Waals surface area (Å²) < 4.78 is 0. The Balaban J connectivity index is 3.74. The monoisotopic (exact) mass is 186 g/mol. The van der Waals surface area contributed by atoms with Crippen LogP contribution in [0.5, 0.6) is 0 Å². The molecule has 0 spiro atoms. The van der Waals surface area contributed by atoms with Crippen LogP contribution in [0.3, 0.4) is 0 Å². The van der Waals surface area contributed by atoms with Gasteiger partial charge in [0.25, 0.3) is 0 Å². The molecule has 0 rings (SSSR count). The van der Waals surface area contributed by atoms with Crippen LogP contribution in [0.2, 0.25) is 0 Å². The molecule has 0 saturated heterocycles. The van der Waals surface area contributed by atoms with Crippen LogP contribution < -0.4 is 11.1 Å². The maximum Gasteiger partial charge on any atom is 0.217 e. The Bertz CT molecular complexity index is 146. The fraction of sp³-hybridized carbons (Fsp3) is 0.900. The molecule has 0 aromatic heterocycles. The third-order valence-corrected chi connectivity index (χ3v) is 2.16. The van der Waals surface area contributed by atoms with E-state index in [1.165, 1.54) is 0 Å². The Hall–Kier alpha value is -0.570. The van der Waals surface area contributed by atoms with Gasteiger partial charge in [-0.3, -0.25) is 4.79 Å². The van der Waals surface area contributed by atoms with Crippen LogP contribution in [0.15, 0.2) is 0 Å². The van der Waals surface area contributed by atoms with Gasteiger partial charge in [-0.15, -0.1) is 0 Å². The molecule has 0 aromatic carbocycles. The summed E-state index contributed by atoms with van der Waals surface area (Å²) in [5.74, 6) is 0.563. The van der Waals surface area contributed by atoms with Crippen molar-refractivity contribution < 1.29 is 4.79 Å². The summed E-state index contributed by atoms with van der Waals surface area (Å²) in [4.78, 5) is 10.9. The molecule has 3 nitrogen and oxygen atoms in total. The van der Waals surface area contributed by atoms with Crippen LogP contribution in [0.4, 0.5) is 0 Å². The van der Waals surface area contributed by atoms with Gasteiger partial charge in [0.2, 0.25) is 5.91 Å². The Morgan fingerprint density at radius 1 is 1.38 bits per heavy atom. The predicted molar refractivity (Wildman–Crippen MR) is 55.3 cm³/mol. The quantitative estimate of drug-likeness (QED) is 0.614. The fourth-order valence-electron chi connectivity index (χ4n) is 1.34. The third kappa shape index (κ3) is 6.58. The topological polar surface area (TPSA) is 55.1 Å². The second kappa shape index (κ2) is 6.89. The smallest absolute Gasteiger partial charge is 0.217 e. The molecule has 1 atom stereocenters. The molecule has 0 heterocycles. The molecule has 0 aliphatic carbocycles. The lowest BCUT2D eigenvalue weighted by atomic mass is 9.98. The van der Waals surface area contributed by atoms with Crippen molar-refractivity contribution in [3.63, 3.8) is 0 Å². The van der Waals surface area contributed by atoms with E-state index in [0.29, 0.717) is 12.0 Å². The normalized spacial score (nSPS) is 13.0. The van der Waals surface area contributed by atoms with E-state index in [2.05, 4.69) is 19.2 Å². The van der Waals surface area contributed by atoms with E-state index in [0.717, 1.165) is 25.8 Å². The largest absolute Gasteiger partial charge is 0.353 e. The minimum atomic E-state index is 0.0615. The number of amides is 1. The second-order valence-corrected chi connectivity index (χ2v) is 3.84. The molecular weight excluding hydrogens is 164 g/mol. The van der Waals surface area contributed by atoms with Crippen molar-refractivity contribution in [1.82, 2.24) is 5.32 Å².